The van der Waals surface area contributed by atoms with Crippen molar-refractivity contribution < 1.29 is 14.7 Å². The minimum atomic E-state index is -0.602. The van der Waals surface area contributed by atoms with Gasteiger partial charge in [-0.15, -0.1) is 0 Å². The first kappa shape index (κ1) is 17.2. The van der Waals surface area contributed by atoms with Gasteiger partial charge in [-0.2, -0.15) is 0 Å². The minimum absolute atomic E-state index is 0.0330. The number of aromatic hydroxyl groups is 1. The molecule has 1 saturated heterocycles. The van der Waals surface area contributed by atoms with Gasteiger partial charge in [0.15, 0.2) is 0 Å². The van der Waals surface area contributed by atoms with Crippen molar-refractivity contribution in [3.63, 3.8) is 0 Å². The number of rotatable bonds is 3. The smallest absolute Gasteiger partial charge is 0.252 e. The van der Waals surface area contributed by atoms with E-state index >= 15 is 0 Å². The van der Waals surface area contributed by atoms with E-state index in [4.69, 9.17) is 5.73 Å². The number of hydrogen-bond acceptors (Lipinski definition) is 4. The first-order chi connectivity index (χ1) is 13.0. The number of phenols is 1. The van der Waals surface area contributed by atoms with Crippen LogP contribution in [-0.4, -0.2) is 40.8 Å². The Balaban J connectivity index is 1.61. The van der Waals surface area contributed by atoms with Crippen LogP contribution < -0.4 is 5.73 Å². The molecular formula is C22H28N2O3. The van der Waals surface area contributed by atoms with Crippen LogP contribution in [0.25, 0.3) is 0 Å². The summed E-state index contributed by atoms with van der Waals surface area (Å²) in [5, 5.41) is 11.0. The van der Waals surface area contributed by atoms with Gasteiger partial charge < -0.3 is 10.8 Å². The lowest BCUT2D eigenvalue weighted by Gasteiger charge is -2.59. The number of fused-ring (bicyclic) bond motifs is 1. The number of piperidine rings is 1. The molecule has 5 rings (SSSR count). The van der Waals surface area contributed by atoms with Gasteiger partial charge >= 0.3 is 0 Å². The summed E-state index contributed by atoms with van der Waals surface area (Å²) in [5.41, 5.74) is 7.32. The zero-order valence-electron chi connectivity index (χ0n) is 15.7. The van der Waals surface area contributed by atoms with E-state index in [9.17, 15) is 14.7 Å². The maximum Gasteiger partial charge on any atom is 0.252 e. The first-order valence-corrected chi connectivity index (χ1v) is 10.4. The Hall–Kier alpha value is -1.88. The Labute approximate surface area is 159 Å². The van der Waals surface area contributed by atoms with E-state index < -0.39 is 5.91 Å². The molecule has 1 unspecified atom stereocenters. The summed E-state index contributed by atoms with van der Waals surface area (Å²) in [6.07, 6.45) is 7.86. The Morgan fingerprint density at radius 3 is 2.81 bits per heavy atom. The predicted molar refractivity (Wildman–Crippen MR) is 102 cm³/mol. The van der Waals surface area contributed by atoms with E-state index in [-0.39, 0.29) is 22.5 Å². The van der Waals surface area contributed by atoms with Gasteiger partial charge in [0, 0.05) is 36.4 Å². The average molecular weight is 368 g/mol. The van der Waals surface area contributed by atoms with Gasteiger partial charge in [0.2, 0.25) is 0 Å². The van der Waals surface area contributed by atoms with Crippen molar-refractivity contribution in [3.8, 4) is 5.75 Å². The van der Waals surface area contributed by atoms with Crippen molar-refractivity contribution in [2.75, 3.05) is 13.1 Å². The fourth-order valence-electron chi connectivity index (χ4n) is 6.45. The number of carbonyl (C=O) groups is 2. The Kier molecular flexibility index (Phi) is 3.87. The molecule has 3 N–H and O–H groups in total. The third-order valence-corrected chi connectivity index (χ3v) is 7.91. The number of Topliss-reactive ketones (excluding diaryl/α,β-unsaturated/α-hetero) is 1. The molecule has 5 nitrogen and oxygen atoms in total. The highest BCUT2D eigenvalue weighted by molar-refractivity contribution is 5.96. The van der Waals surface area contributed by atoms with E-state index in [1.165, 1.54) is 25.8 Å². The van der Waals surface area contributed by atoms with Crippen molar-refractivity contribution >= 4 is 11.7 Å². The molecule has 3 fully saturated rings. The van der Waals surface area contributed by atoms with E-state index in [0.717, 1.165) is 42.9 Å². The maximum atomic E-state index is 12.5. The highest BCUT2D eigenvalue weighted by Crippen LogP contribution is 2.57. The number of likely N-dealkylation sites (tertiary alicyclic amines) is 1. The molecule has 1 aromatic carbocycles. The molecule has 0 spiro atoms. The summed E-state index contributed by atoms with van der Waals surface area (Å²) >= 11 is 0. The van der Waals surface area contributed by atoms with Crippen molar-refractivity contribution in [3.05, 3.63) is 28.8 Å². The summed E-state index contributed by atoms with van der Waals surface area (Å²) in [6, 6.07) is 4.06. The summed E-state index contributed by atoms with van der Waals surface area (Å²) in [6.45, 7) is 2.15. The van der Waals surface area contributed by atoms with Crippen molar-refractivity contribution in [1.29, 1.82) is 0 Å². The molecule has 0 aromatic heterocycles. The summed E-state index contributed by atoms with van der Waals surface area (Å²) in [7, 11) is 0. The van der Waals surface area contributed by atoms with Crippen molar-refractivity contribution in [2.45, 2.75) is 62.8 Å². The van der Waals surface area contributed by atoms with Gasteiger partial charge in [0.1, 0.15) is 11.5 Å². The van der Waals surface area contributed by atoms with E-state index in [2.05, 4.69) is 4.90 Å². The number of amides is 1. The zero-order chi connectivity index (χ0) is 18.8. The molecule has 144 valence electrons. The Bertz CT molecular complexity index is 816. The molecule has 2 saturated carbocycles. The van der Waals surface area contributed by atoms with E-state index in [1.54, 1.807) is 6.07 Å². The van der Waals surface area contributed by atoms with Crippen LogP contribution >= 0.6 is 0 Å². The standard InChI is InChI=1S/C22H28N2O3/c23-21(27)16-6-4-14-10-18-17-7-5-15(25)11-22(17,19(14)20(16)26)8-9-24(18)12-13-2-1-3-13/h4,6,13,17-18,26H,1-3,5,7-12H2,(H2,23,27)/t17-,18+,22?/m0/s1. The van der Waals surface area contributed by atoms with Crippen LogP contribution in [0.1, 0.15) is 66.4 Å². The molecule has 4 aliphatic rings. The predicted octanol–water partition coefficient (Wildman–Crippen LogP) is 2.53. The molecule has 1 heterocycles. The highest BCUT2D eigenvalue weighted by atomic mass is 16.3. The van der Waals surface area contributed by atoms with Gasteiger partial charge in [-0.25, -0.2) is 0 Å². The first-order valence-electron chi connectivity index (χ1n) is 10.4. The number of hydrogen-bond donors (Lipinski definition) is 2. The number of ketones is 1. The van der Waals surface area contributed by atoms with E-state index in [0.29, 0.717) is 24.8 Å². The number of nitrogens with zero attached hydrogens (tertiary/aromatic N) is 1. The lowest BCUT2D eigenvalue weighted by Crippen LogP contribution is -2.62. The Morgan fingerprint density at radius 2 is 2.11 bits per heavy atom. The lowest BCUT2D eigenvalue weighted by atomic mass is 9.51. The molecule has 27 heavy (non-hydrogen) atoms. The summed E-state index contributed by atoms with van der Waals surface area (Å²) < 4.78 is 0. The van der Waals surface area contributed by atoms with Gasteiger partial charge in [0.05, 0.1) is 5.56 Å². The molecular weight excluding hydrogens is 340 g/mol. The largest absolute Gasteiger partial charge is 0.507 e. The molecule has 1 amide bonds. The minimum Gasteiger partial charge on any atom is -0.507 e. The van der Waals surface area contributed by atoms with Crippen molar-refractivity contribution in [1.82, 2.24) is 4.90 Å². The third-order valence-electron chi connectivity index (χ3n) is 7.91. The van der Waals surface area contributed by atoms with Crippen LogP contribution in [0.3, 0.4) is 0 Å². The van der Waals surface area contributed by atoms with Gasteiger partial charge in [-0.3, -0.25) is 14.5 Å². The molecule has 3 atom stereocenters. The fraction of sp³-hybridized carbons (Fsp3) is 0.636. The summed E-state index contributed by atoms with van der Waals surface area (Å²) in [4.78, 5) is 27.0. The van der Waals surface area contributed by atoms with Crippen LogP contribution in [0.2, 0.25) is 0 Å². The van der Waals surface area contributed by atoms with Crippen LogP contribution in [0.4, 0.5) is 0 Å². The van der Waals surface area contributed by atoms with Gasteiger partial charge in [-0.05, 0) is 62.1 Å². The fourth-order valence-corrected chi connectivity index (χ4v) is 6.45. The number of benzene rings is 1. The second-order valence-corrected chi connectivity index (χ2v) is 9.19. The second kappa shape index (κ2) is 6.06. The topological polar surface area (TPSA) is 83.6 Å². The van der Waals surface area contributed by atoms with Crippen LogP contribution in [0, 0.1) is 11.8 Å². The monoisotopic (exact) mass is 368 g/mol. The van der Waals surface area contributed by atoms with Crippen LogP contribution in [-0.2, 0) is 16.6 Å². The quantitative estimate of drug-likeness (QED) is 0.859. The lowest BCUT2D eigenvalue weighted by molar-refractivity contribution is -0.127. The zero-order valence-corrected chi connectivity index (χ0v) is 15.7. The summed E-state index contributed by atoms with van der Waals surface area (Å²) in [5.74, 6) is 0.926. The van der Waals surface area contributed by atoms with Crippen LogP contribution in [0.5, 0.6) is 5.75 Å². The number of nitrogens with two attached hydrogens (primary N) is 1. The van der Waals surface area contributed by atoms with Gasteiger partial charge in [0.25, 0.3) is 5.91 Å². The number of carbonyl (C=O) groups excluding carboxylic acids is 2. The maximum absolute atomic E-state index is 12.5. The van der Waals surface area contributed by atoms with Crippen LogP contribution in [0.15, 0.2) is 12.1 Å². The average Bonchev–Trinajstić information content (AvgIpc) is 2.58. The SMILES string of the molecule is NC(=O)c1ccc2c(c1O)C13CCN(CC4CCC4)[C@H](C2)[C@@H]1CCC(=O)C3. The van der Waals surface area contributed by atoms with Gasteiger partial charge in [-0.1, -0.05) is 12.5 Å². The van der Waals surface area contributed by atoms with Crippen molar-refractivity contribution in [2.24, 2.45) is 17.6 Å². The molecule has 2 bridgehead atoms. The third kappa shape index (κ3) is 2.47. The number of primary amides is 1. The molecule has 0 radical (unpaired) electrons. The molecule has 1 aliphatic heterocycles. The molecule has 3 aliphatic carbocycles. The normalized spacial score (nSPS) is 33.1. The second-order valence-electron chi connectivity index (χ2n) is 9.19. The molecule has 5 heteroatoms. The molecule has 1 aromatic rings. The van der Waals surface area contributed by atoms with E-state index in [1.807, 2.05) is 6.07 Å². The Morgan fingerprint density at radius 1 is 1.30 bits per heavy atom. The highest BCUT2D eigenvalue weighted by Gasteiger charge is 2.57.